The van der Waals surface area contributed by atoms with Gasteiger partial charge < -0.3 is 10.2 Å². The van der Waals surface area contributed by atoms with Crippen LogP contribution in [0.15, 0.2) is 60.7 Å². The zero-order valence-corrected chi connectivity index (χ0v) is 18.7. The lowest BCUT2D eigenvalue weighted by molar-refractivity contribution is -0.133. The van der Waals surface area contributed by atoms with Crippen molar-refractivity contribution >= 4 is 18.5 Å². The average molecular weight is 411 g/mol. The molecular formula is C25H34N2OS. The van der Waals surface area contributed by atoms with E-state index in [0.29, 0.717) is 24.8 Å². The fraction of sp³-hybridized carbons (Fsp3) is 0.480. The zero-order valence-electron chi connectivity index (χ0n) is 17.8. The van der Waals surface area contributed by atoms with E-state index in [1.54, 1.807) is 0 Å². The van der Waals surface area contributed by atoms with E-state index in [2.05, 4.69) is 79.5 Å². The summed E-state index contributed by atoms with van der Waals surface area (Å²) in [5.41, 5.74) is 2.46. The molecule has 0 spiro atoms. The predicted molar refractivity (Wildman–Crippen MR) is 125 cm³/mol. The molecule has 1 aliphatic rings. The molecular weight excluding hydrogens is 376 g/mol. The van der Waals surface area contributed by atoms with E-state index in [-0.39, 0.29) is 23.3 Å². The maximum atomic E-state index is 13.3. The molecule has 3 nitrogen and oxygen atoms in total. The van der Waals surface area contributed by atoms with Gasteiger partial charge in [0.05, 0.1) is 0 Å². The van der Waals surface area contributed by atoms with Crippen LogP contribution in [0, 0.1) is 5.41 Å². The highest BCUT2D eigenvalue weighted by Gasteiger charge is 2.31. The van der Waals surface area contributed by atoms with Crippen LogP contribution in [0.2, 0.25) is 0 Å². The van der Waals surface area contributed by atoms with Gasteiger partial charge in [0.2, 0.25) is 5.91 Å². The van der Waals surface area contributed by atoms with E-state index < -0.39 is 0 Å². The first-order valence-corrected chi connectivity index (χ1v) is 11.1. The van der Waals surface area contributed by atoms with Crippen LogP contribution in [-0.4, -0.2) is 41.7 Å². The van der Waals surface area contributed by atoms with Crippen molar-refractivity contribution in [2.75, 3.05) is 19.6 Å². The smallest absolute Gasteiger partial charge is 0.223 e. The van der Waals surface area contributed by atoms with Crippen LogP contribution in [0.25, 0.3) is 0 Å². The molecule has 156 valence electrons. The minimum atomic E-state index is -0.0339. The second-order valence-electron chi connectivity index (χ2n) is 9.33. The molecule has 2 atom stereocenters. The quantitative estimate of drug-likeness (QED) is 0.646. The summed E-state index contributed by atoms with van der Waals surface area (Å²) in [6.07, 6.45) is 1.60. The molecule has 0 radical (unpaired) electrons. The van der Waals surface area contributed by atoms with Crippen LogP contribution in [0.4, 0.5) is 0 Å². The number of hydrogen-bond donors (Lipinski definition) is 2. The molecule has 0 bridgehead atoms. The van der Waals surface area contributed by atoms with Crippen molar-refractivity contribution in [3.8, 4) is 0 Å². The third-order valence-electron chi connectivity index (χ3n) is 5.57. The molecule has 1 N–H and O–H groups in total. The maximum Gasteiger partial charge on any atom is 0.223 e. The number of rotatable bonds is 7. The highest BCUT2D eigenvalue weighted by molar-refractivity contribution is 7.81. The summed E-state index contributed by atoms with van der Waals surface area (Å²) in [6, 6.07) is 21.3. The van der Waals surface area contributed by atoms with Crippen LogP contribution in [-0.2, 0) is 4.79 Å². The first kappa shape index (κ1) is 21.9. The van der Waals surface area contributed by atoms with Crippen molar-refractivity contribution < 1.29 is 4.79 Å². The summed E-state index contributed by atoms with van der Waals surface area (Å²) in [6.45, 7) is 8.75. The number of carbonyl (C=O) groups excluding carboxylic acids is 1. The molecule has 0 unspecified atom stereocenters. The van der Waals surface area contributed by atoms with Gasteiger partial charge in [-0.05, 0) is 29.5 Å². The highest BCUT2D eigenvalue weighted by Crippen LogP contribution is 2.28. The average Bonchev–Trinajstić information content (AvgIpc) is 3.09. The first-order chi connectivity index (χ1) is 13.8. The SMILES string of the molecule is CC(C)(C)CC(=O)N(CC(c1ccccc1)c1ccccc1)C[C@@H]1NCC[C@@H]1S. The Bertz CT molecular complexity index is 733. The van der Waals surface area contributed by atoms with E-state index in [9.17, 15) is 4.79 Å². The normalized spacial score (nSPS) is 19.5. The summed E-state index contributed by atoms with van der Waals surface area (Å²) in [4.78, 5) is 15.4. The molecule has 2 aromatic rings. The molecule has 1 fully saturated rings. The van der Waals surface area contributed by atoms with Crippen LogP contribution in [0.5, 0.6) is 0 Å². The Morgan fingerprint density at radius 3 is 2.07 bits per heavy atom. The van der Waals surface area contributed by atoms with Crippen LogP contribution in [0.3, 0.4) is 0 Å². The van der Waals surface area contributed by atoms with Gasteiger partial charge in [0.1, 0.15) is 0 Å². The van der Waals surface area contributed by atoms with Gasteiger partial charge in [0.15, 0.2) is 0 Å². The zero-order chi connectivity index (χ0) is 20.9. The summed E-state index contributed by atoms with van der Waals surface area (Å²) in [5.74, 6) is 0.379. The van der Waals surface area contributed by atoms with E-state index in [0.717, 1.165) is 13.0 Å². The lowest BCUT2D eigenvalue weighted by Gasteiger charge is -2.33. The molecule has 4 heteroatoms. The molecule has 29 heavy (non-hydrogen) atoms. The second kappa shape index (κ2) is 9.82. The Hall–Kier alpha value is -1.78. The van der Waals surface area contributed by atoms with Crippen molar-refractivity contribution in [1.82, 2.24) is 10.2 Å². The van der Waals surface area contributed by atoms with Gasteiger partial charge in [-0.2, -0.15) is 12.6 Å². The highest BCUT2D eigenvalue weighted by atomic mass is 32.1. The van der Waals surface area contributed by atoms with E-state index in [1.807, 2.05) is 12.1 Å². The lowest BCUT2D eigenvalue weighted by Crippen LogP contribution is -2.46. The van der Waals surface area contributed by atoms with Gasteiger partial charge in [-0.1, -0.05) is 81.4 Å². The van der Waals surface area contributed by atoms with Crippen LogP contribution >= 0.6 is 12.6 Å². The monoisotopic (exact) mass is 410 g/mol. The molecule has 3 rings (SSSR count). The fourth-order valence-electron chi connectivity index (χ4n) is 4.02. The molecule has 0 saturated carbocycles. The van der Waals surface area contributed by atoms with Crippen molar-refractivity contribution in [3.05, 3.63) is 71.8 Å². The lowest BCUT2D eigenvalue weighted by atomic mass is 9.89. The molecule has 0 aromatic heterocycles. The summed E-state index contributed by atoms with van der Waals surface area (Å²) < 4.78 is 0. The number of nitrogens with zero attached hydrogens (tertiary/aromatic N) is 1. The number of carbonyl (C=O) groups is 1. The van der Waals surface area contributed by atoms with Crippen molar-refractivity contribution in [1.29, 1.82) is 0 Å². The van der Waals surface area contributed by atoms with Gasteiger partial charge in [0.25, 0.3) is 0 Å². The van der Waals surface area contributed by atoms with Crippen LogP contribution in [0.1, 0.15) is 50.7 Å². The summed E-state index contributed by atoms with van der Waals surface area (Å²) >= 11 is 4.75. The molecule has 1 aliphatic heterocycles. The molecule has 1 heterocycles. The Balaban J connectivity index is 1.88. The fourth-order valence-corrected chi connectivity index (χ4v) is 4.34. The number of benzene rings is 2. The van der Waals surface area contributed by atoms with E-state index in [1.165, 1.54) is 11.1 Å². The summed E-state index contributed by atoms with van der Waals surface area (Å²) in [5, 5.41) is 3.84. The van der Waals surface area contributed by atoms with Gasteiger partial charge in [0, 0.05) is 36.7 Å². The largest absolute Gasteiger partial charge is 0.340 e. The van der Waals surface area contributed by atoms with Crippen molar-refractivity contribution in [2.24, 2.45) is 5.41 Å². The molecule has 0 aliphatic carbocycles. The number of hydrogen-bond acceptors (Lipinski definition) is 3. The topological polar surface area (TPSA) is 32.3 Å². The number of thiol groups is 1. The Labute approximate surface area is 181 Å². The number of nitrogens with one attached hydrogen (secondary N) is 1. The van der Waals surface area contributed by atoms with E-state index >= 15 is 0 Å². The van der Waals surface area contributed by atoms with Crippen molar-refractivity contribution in [2.45, 2.75) is 50.8 Å². The van der Waals surface area contributed by atoms with Gasteiger partial charge >= 0.3 is 0 Å². The Kier molecular flexibility index (Phi) is 7.42. The second-order valence-corrected chi connectivity index (χ2v) is 9.99. The van der Waals surface area contributed by atoms with Gasteiger partial charge in [-0.3, -0.25) is 4.79 Å². The molecule has 1 saturated heterocycles. The third-order valence-corrected chi connectivity index (χ3v) is 6.19. The minimum absolute atomic E-state index is 0.0339. The van der Waals surface area contributed by atoms with Crippen LogP contribution < -0.4 is 5.32 Å². The third kappa shape index (κ3) is 6.35. The standard InChI is InChI=1S/C25H34N2OS/c1-25(2,3)16-24(28)27(18-22-23(29)14-15-26-22)17-21(19-10-6-4-7-11-19)20-12-8-5-9-13-20/h4-13,21-23,26,29H,14-18H2,1-3H3/t22-,23-/m0/s1. The van der Waals surface area contributed by atoms with E-state index in [4.69, 9.17) is 12.6 Å². The van der Waals surface area contributed by atoms with Gasteiger partial charge in [-0.15, -0.1) is 0 Å². The predicted octanol–water partition coefficient (Wildman–Crippen LogP) is 4.74. The van der Waals surface area contributed by atoms with Crippen molar-refractivity contribution in [3.63, 3.8) is 0 Å². The summed E-state index contributed by atoms with van der Waals surface area (Å²) in [7, 11) is 0. The Morgan fingerprint density at radius 2 is 1.62 bits per heavy atom. The maximum absolute atomic E-state index is 13.3. The van der Waals surface area contributed by atoms with Gasteiger partial charge in [-0.25, -0.2) is 0 Å². The Morgan fingerprint density at radius 1 is 1.07 bits per heavy atom. The first-order valence-electron chi connectivity index (χ1n) is 10.6. The molecule has 2 aromatic carbocycles. The number of amides is 1. The molecule has 1 amide bonds. The minimum Gasteiger partial charge on any atom is -0.340 e.